The van der Waals surface area contributed by atoms with E-state index in [1.807, 2.05) is 0 Å². The van der Waals surface area contributed by atoms with Crippen LogP contribution in [0.2, 0.25) is 0 Å². The fourth-order valence-corrected chi connectivity index (χ4v) is 5.39. The molecule has 7 nitrogen and oxygen atoms in total. The number of anilines is 2. The first-order valence-corrected chi connectivity index (χ1v) is 13.6. The maximum Gasteiger partial charge on any atom is 0.455 e. The van der Waals surface area contributed by atoms with Gasteiger partial charge in [0.05, 0.1) is 28.9 Å². The zero-order chi connectivity index (χ0) is 28.5. The number of hydrazone groups is 1. The molecule has 0 radical (unpaired) electrons. The standard InChI is InChI=1S/C29H24F3N3O4S/c1-20-12-18-24(19-13-20)40(36,37)34-26-11-7-6-10-25(26)28(29(30,31)32)35(22-8-4-3-5-9-22)33-27(39-28)21-14-16-23(38-2)17-15-21/h3-19,34H,1-2H3. The number of rotatable bonds is 7. The van der Waals surface area contributed by atoms with E-state index in [0.717, 1.165) is 10.6 Å². The molecule has 0 aromatic heterocycles. The van der Waals surface area contributed by atoms with E-state index in [9.17, 15) is 8.42 Å². The van der Waals surface area contributed by atoms with E-state index in [-0.39, 0.29) is 27.7 Å². The minimum Gasteiger partial charge on any atom is -0.497 e. The molecule has 1 N–H and O–H groups in total. The van der Waals surface area contributed by atoms with Crippen LogP contribution in [0.3, 0.4) is 0 Å². The third-order valence-corrected chi connectivity index (χ3v) is 7.70. The van der Waals surface area contributed by atoms with Gasteiger partial charge in [-0.15, -0.1) is 5.10 Å². The van der Waals surface area contributed by atoms with Gasteiger partial charge in [0.15, 0.2) is 0 Å². The number of sulfonamides is 1. The second-order valence-corrected chi connectivity index (χ2v) is 10.7. The lowest BCUT2D eigenvalue weighted by Gasteiger charge is -2.38. The number of hydrogen-bond donors (Lipinski definition) is 1. The van der Waals surface area contributed by atoms with Crippen LogP contribution in [-0.4, -0.2) is 27.6 Å². The summed E-state index contributed by atoms with van der Waals surface area (Å²) in [4.78, 5) is -0.101. The van der Waals surface area contributed by atoms with Crippen molar-refractivity contribution in [3.8, 4) is 5.75 Å². The topological polar surface area (TPSA) is 80.2 Å². The largest absolute Gasteiger partial charge is 0.497 e. The van der Waals surface area contributed by atoms with Gasteiger partial charge in [-0.2, -0.15) is 13.2 Å². The summed E-state index contributed by atoms with van der Waals surface area (Å²) in [6, 6.07) is 25.1. The molecule has 4 aromatic rings. The Morgan fingerprint density at radius 2 is 1.50 bits per heavy atom. The van der Waals surface area contributed by atoms with Gasteiger partial charge in [-0.05, 0) is 61.5 Å². The first kappa shape index (κ1) is 27.1. The van der Waals surface area contributed by atoms with Gasteiger partial charge in [0.25, 0.3) is 10.0 Å². The van der Waals surface area contributed by atoms with Crippen molar-refractivity contribution in [1.29, 1.82) is 0 Å². The van der Waals surface area contributed by atoms with Crippen LogP contribution >= 0.6 is 0 Å². The lowest BCUT2D eigenvalue weighted by atomic mass is 9.98. The Morgan fingerprint density at radius 1 is 0.875 bits per heavy atom. The number of hydrogen-bond acceptors (Lipinski definition) is 6. The Labute approximate surface area is 229 Å². The summed E-state index contributed by atoms with van der Waals surface area (Å²) in [5, 5.41) is 5.00. The van der Waals surface area contributed by atoms with Crippen LogP contribution in [-0.2, 0) is 20.5 Å². The number of aryl methyl sites for hydroxylation is 1. The summed E-state index contributed by atoms with van der Waals surface area (Å²) in [6.07, 6.45) is -5.09. The number of nitrogens with zero attached hydrogens (tertiary/aromatic N) is 2. The van der Waals surface area contributed by atoms with Gasteiger partial charge in [0, 0.05) is 5.56 Å². The average Bonchev–Trinajstić information content (AvgIpc) is 3.36. The summed E-state index contributed by atoms with van der Waals surface area (Å²) in [6.45, 7) is 1.79. The number of benzene rings is 4. The molecule has 1 atom stereocenters. The van der Waals surface area contributed by atoms with Crippen LogP contribution in [0.15, 0.2) is 113 Å². The Balaban J connectivity index is 1.68. The van der Waals surface area contributed by atoms with Crippen LogP contribution in [0.25, 0.3) is 0 Å². The second-order valence-electron chi connectivity index (χ2n) is 8.99. The first-order chi connectivity index (χ1) is 19.0. The Hall–Kier alpha value is -4.51. The molecule has 11 heteroatoms. The monoisotopic (exact) mass is 567 g/mol. The van der Waals surface area contributed by atoms with Crippen LogP contribution in [0.1, 0.15) is 16.7 Å². The lowest BCUT2D eigenvalue weighted by Crippen LogP contribution is -2.54. The highest BCUT2D eigenvalue weighted by atomic mass is 32.2. The highest BCUT2D eigenvalue weighted by Crippen LogP contribution is 2.52. The van der Waals surface area contributed by atoms with E-state index in [0.29, 0.717) is 5.75 Å². The number of alkyl halides is 3. The number of ether oxygens (including phenoxy) is 2. The van der Waals surface area contributed by atoms with Gasteiger partial charge in [0.2, 0.25) is 5.90 Å². The van der Waals surface area contributed by atoms with Crippen LogP contribution < -0.4 is 14.5 Å². The predicted molar refractivity (Wildman–Crippen MR) is 146 cm³/mol. The normalized spacial score (nSPS) is 17.2. The van der Waals surface area contributed by atoms with Crippen molar-refractivity contribution in [2.24, 2.45) is 5.10 Å². The van der Waals surface area contributed by atoms with Crippen LogP contribution in [0.5, 0.6) is 5.75 Å². The molecule has 0 amide bonds. The van der Waals surface area contributed by atoms with Crippen molar-refractivity contribution in [2.45, 2.75) is 23.7 Å². The Bertz CT molecular complexity index is 1640. The van der Waals surface area contributed by atoms with Crippen molar-refractivity contribution in [3.05, 3.63) is 120 Å². The highest BCUT2D eigenvalue weighted by Gasteiger charge is 2.67. The molecule has 0 fully saturated rings. The Kier molecular flexibility index (Phi) is 6.92. The molecule has 5 rings (SSSR count). The summed E-state index contributed by atoms with van der Waals surface area (Å²) in [5.41, 5.74) is -2.83. The van der Waals surface area contributed by atoms with Gasteiger partial charge >= 0.3 is 11.9 Å². The van der Waals surface area contributed by atoms with Crippen LogP contribution in [0, 0.1) is 6.92 Å². The van der Waals surface area contributed by atoms with Crippen molar-refractivity contribution in [2.75, 3.05) is 16.8 Å². The number of nitrogens with one attached hydrogen (secondary N) is 1. The maximum atomic E-state index is 15.4. The van der Waals surface area contributed by atoms with Gasteiger partial charge in [-0.1, -0.05) is 54.1 Å². The summed E-state index contributed by atoms with van der Waals surface area (Å²) >= 11 is 0. The highest BCUT2D eigenvalue weighted by molar-refractivity contribution is 7.92. The SMILES string of the molecule is COc1ccc(C2=NN(c3ccccc3)C(c3ccccc3NS(=O)(=O)c3ccc(C)cc3)(C(F)(F)F)O2)cc1. The van der Waals surface area contributed by atoms with E-state index in [1.165, 1.54) is 67.8 Å². The summed E-state index contributed by atoms with van der Waals surface area (Å²) in [7, 11) is -2.78. The molecule has 4 aromatic carbocycles. The van der Waals surface area contributed by atoms with Gasteiger partial charge < -0.3 is 9.47 Å². The average molecular weight is 568 g/mol. The molecule has 0 aliphatic carbocycles. The second kappa shape index (κ2) is 10.2. The van der Waals surface area contributed by atoms with E-state index >= 15 is 13.2 Å². The van der Waals surface area contributed by atoms with Gasteiger partial charge in [0.1, 0.15) is 5.75 Å². The zero-order valence-corrected chi connectivity index (χ0v) is 22.2. The molecular weight excluding hydrogens is 543 g/mol. The third-order valence-electron chi connectivity index (χ3n) is 6.32. The number of halogens is 3. The third kappa shape index (κ3) is 4.84. The minimum atomic E-state index is -5.09. The lowest BCUT2D eigenvalue weighted by molar-refractivity contribution is -0.253. The molecule has 0 saturated carbocycles. The van der Waals surface area contributed by atoms with Crippen molar-refractivity contribution >= 4 is 27.3 Å². The number of methoxy groups -OCH3 is 1. The molecule has 0 bridgehead atoms. The smallest absolute Gasteiger partial charge is 0.455 e. The minimum absolute atomic E-state index is 0.0829. The van der Waals surface area contributed by atoms with Crippen LogP contribution in [0.4, 0.5) is 24.5 Å². The van der Waals surface area contributed by atoms with Crippen molar-refractivity contribution in [3.63, 3.8) is 0 Å². The zero-order valence-electron chi connectivity index (χ0n) is 21.4. The molecule has 206 valence electrons. The van der Waals surface area contributed by atoms with Gasteiger partial charge in [-0.3, -0.25) is 4.72 Å². The molecule has 1 heterocycles. The van der Waals surface area contributed by atoms with Gasteiger partial charge in [-0.25, -0.2) is 13.4 Å². The molecular formula is C29H24F3N3O4S. The molecule has 1 unspecified atom stereocenters. The number of para-hydroxylation sites is 2. The quantitative estimate of drug-likeness (QED) is 0.279. The fourth-order valence-electron chi connectivity index (χ4n) is 4.31. The first-order valence-electron chi connectivity index (χ1n) is 12.1. The van der Waals surface area contributed by atoms with E-state index in [1.54, 1.807) is 49.4 Å². The van der Waals surface area contributed by atoms with Crippen molar-refractivity contribution in [1.82, 2.24) is 0 Å². The fraction of sp³-hybridized carbons (Fsp3) is 0.138. The Morgan fingerprint density at radius 3 is 2.12 bits per heavy atom. The maximum absolute atomic E-state index is 15.4. The molecule has 0 saturated heterocycles. The van der Waals surface area contributed by atoms with E-state index in [4.69, 9.17) is 9.47 Å². The molecule has 40 heavy (non-hydrogen) atoms. The predicted octanol–water partition coefficient (Wildman–Crippen LogP) is 6.42. The summed E-state index contributed by atoms with van der Waals surface area (Å²) in [5.74, 6) is 0.195. The molecule has 0 spiro atoms. The van der Waals surface area contributed by atoms with E-state index in [2.05, 4.69) is 9.82 Å². The molecule has 1 aliphatic rings. The molecule has 1 aliphatic heterocycles. The van der Waals surface area contributed by atoms with Crippen molar-refractivity contribution < 1.29 is 31.1 Å². The van der Waals surface area contributed by atoms with E-state index < -0.39 is 27.5 Å². The summed E-state index contributed by atoms with van der Waals surface area (Å²) < 4.78 is 85.9.